The quantitative estimate of drug-likeness (QED) is 0.896. The molecule has 3 heteroatoms. The van der Waals surface area contributed by atoms with E-state index in [1.165, 1.54) is 0 Å². The monoisotopic (exact) mass is 268 g/mol. The molecule has 104 valence electrons. The molecular formula is C17H20N2O. The highest BCUT2D eigenvalue weighted by molar-refractivity contribution is 5.83. The summed E-state index contributed by atoms with van der Waals surface area (Å²) in [7, 11) is 0. The predicted molar refractivity (Wildman–Crippen MR) is 81.1 cm³/mol. The Kier molecular flexibility index (Phi) is 4.53. The van der Waals surface area contributed by atoms with Crippen LogP contribution in [0.15, 0.2) is 54.6 Å². The van der Waals surface area contributed by atoms with Crippen LogP contribution >= 0.6 is 0 Å². The predicted octanol–water partition coefficient (Wildman–Crippen LogP) is 2.87. The highest BCUT2D eigenvalue weighted by Gasteiger charge is 2.18. The second-order valence-corrected chi connectivity index (χ2v) is 4.98. The van der Waals surface area contributed by atoms with Crippen molar-refractivity contribution < 1.29 is 4.79 Å². The normalized spacial score (nSPS) is 13.6. The molecule has 2 rings (SSSR count). The molecule has 2 aromatic carbocycles. The molecular weight excluding hydrogens is 248 g/mol. The maximum absolute atomic E-state index is 12.2. The molecule has 1 amide bonds. The Balaban J connectivity index is 2.07. The van der Waals surface area contributed by atoms with Crippen LogP contribution < -0.4 is 11.1 Å². The van der Waals surface area contributed by atoms with Gasteiger partial charge in [-0.25, -0.2) is 0 Å². The molecule has 0 saturated heterocycles. The highest BCUT2D eigenvalue weighted by Crippen LogP contribution is 2.18. The Morgan fingerprint density at radius 2 is 1.65 bits per heavy atom. The first-order valence-electron chi connectivity index (χ1n) is 6.76. The van der Waals surface area contributed by atoms with E-state index in [4.69, 9.17) is 5.73 Å². The lowest BCUT2D eigenvalue weighted by Gasteiger charge is -2.19. The molecule has 3 N–H and O–H groups in total. The van der Waals surface area contributed by atoms with Crippen molar-refractivity contribution in [3.8, 4) is 0 Å². The largest absolute Gasteiger partial charge is 0.348 e. The van der Waals surface area contributed by atoms with Gasteiger partial charge in [-0.15, -0.1) is 0 Å². The van der Waals surface area contributed by atoms with Crippen molar-refractivity contribution in [2.45, 2.75) is 25.9 Å². The lowest BCUT2D eigenvalue weighted by molar-refractivity contribution is -0.123. The van der Waals surface area contributed by atoms with Gasteiger partial charge in [0.25, 0.3) is 0 Å². The third kappa shape index (κ3) is 3.25. The number of amides is 1. The van der Waals surface area contributed by atoms with E-state index in [1.54, 1.807) is 0 Å². The molecule has 20 heavy (non-hydrogen) atoms. The number of hydrogen-bond donors (Lipinski definition) is 2. The van der Waals surface area contributed by atoms with E-state index < -0.39 is 6.04 Å². The van der Waals surface area contributed by atoms with Crippen LogP contribution in [0.3, 0.4) is 0 Å². The maximum Gasteiger partial charge on any atom is 0.241 e. The van der Waals surface area contributed by atoms with Crippen LogP contribution in [0.2, 0.25) is 0 Å². The van der Waals surface area contributed by atoms with Gasteiger partial charge in [0.2, 0.25) is 5.91 Å². The topological polar surface area (TPSA) is 55.1 Å². The van der Waals surface area contributed by atoms with Crippen LogP contribution in [-0.4, -0.2) is 5.91 Å². The Morgan fingerprint density at radius 1 is 1.05 bits per heavy atom. The fraction of sp³-hybridized carbons (Fsp3) is 0.235. The minimum absolute atomic E-state index is 0.0570. The van der Waals surface area contributed by atoms with Gasteiger partial charge < -0.3 is 11.1 Å². The molecule has 2 unspecified atom stereocenters. The summed E-state index contributed by atoms with van der Waals surface area (Å²) in [6.45, 7) is 4.01. The van der Waals surface area contributed by atoms with Crippen molar-refractivity contribution in [3.05, 3.63) is 71.3 Å². The Hall–Kier alpha value is -2.13. The van der Waals surface area contributed by atoms with Gasteiger partial charge in [-0.05, 0) is 30.5 Å². The van der Waals surface area contributed by atoms with E-state index in [0.29, 0.717) is 0 Å². The van der Waals surface area contributed by atoms with Gasteiger partial charge >= 0.3 is 0 Å². The number of carbonyl (C=O) groups excluding carboxylic acids is 1. The summed E-state index contributed by atoms with van der Waals surface area (Å²) in [5, 5.41) is 2.97. The van der Waals surface area contributed by atoms with E-state index in [2.05, 4.69) is 5.32 Å². The first kappa shape index (κ1) is 14.3. The molecule has 0 heterocycles. The third-order valence-electron chi connectivity index (χ3n) is 3.45. The second kappa shape index (κ2) is 6.35. The van der Waals surface area contributed by atoms with Crippen molar-refractivity contribution in [2.24, 2.45) is 5.73 Å². The average Bonchev–Trinajstić information content (AvgIpc) is 2.47. The minimum atomic E-state index is -0.636. The molecule has 0 aromatic heterocycles. The molecule has 3 nitrogen and oxygen atoms in total. The molecule has 0 radical (unpaired) electrons. The van der Waals surface area contributed by atoms with Crippen LogP contribution in [-0.2, 0) is 4.79 Å². The van der Waals surface area contributed by atoms with E-state index in [9.17, 15) is 4.79 Å². The smallest absolute Gasteiger partial charge is 0.241 e. The van der Waals surface area contributed by atoms with Crippen molar-refractivity contribution in [3.63, 3.8) is 0 Å². The standard InChI is InChI=1S/C17H20N2O/c1-12-8-6-7-11-15(12)13(2)19-17(20)16(18)14-9-4-3-5-10-14/h3-11,13,16H,18H2,1-2H3,(H,19,20). The summed E-state index contributed by atoms with van der Waals surface area (Å²) >= 11 is 0. The first-order valence-corrected chi connectivity index (χ1v) is 6.76. The fourth-order valence-corrected chi connectivity index (χ4v) is 2.27. The average molecular weight is 268 g/mol. The van der Waals surface area contributed by atoms with Crippen molar-refractivity contribution in [1.29, 1.82) is 0 Å². The van der Waals surface area contributed by atoms with Crippen LogP contribution in [0, 0.1) is 6.92 Å². The summed E-state index contributed by atoms with van der Waals surface area (Å²) in [5.41, 5.74) is 9.09. The van der Waals surface area contributed by atoms with Gasteiger partial charge in [-0.3, -0.25) is 4.79 Å². The summed E-state index contributed by atoms with van der Waals surface area (Å²) < 4.78 is 0. The molecule has 0 aliphatic heterocycles. The lowest BCUT2D eigenvalue weighted by atomic mass is 10.0. The number of benzene rings is 2. The number of hydrogen-bond acceptors (Lipinski definition) is 2. The maximum atomic E-state index is 12.2. The van der Waals surface area contributed by atoms with E-state index in [1.807, 2.05) is 68.4 Å². The van der Waals surface area contributed by atoms with Crippen molar-refractivity contribution >= 4 is 5.91 Å². The first-order chi connectivity index (χ1) is 9.59. The summed E-state index contributed by atoms with van der Waals surface area (Å²) in [4.78, 5) is 12.2. The number of nitrogens with one attached hydrogen (secondary N) is 1. The summed E-state index contributed by atoms with van der Waals surface area (Å²) in [5.74, 6) is -0.160. The van der Waals surface area contributed by atoms with Crippen LogP contribution in [0.25, 0.3) is 0 Å². The molecule has 0 fully saturated rings. The summed E-state index contributed by atoms with van der Waals surface area (Å²) in [6, 6.07) is 16.7. The number of nitrogens with two attached hydrogens (primary N) is 1. The van der Waals surface area contributed by atoms with Gasteiger partial charge in [0, 0.05) is 0 Å². The van der Waals surface area contributed by atoms with Gasteiger partial charge in [-0.2, -0.15) is 0 Å². The SMILES string of the molecule is Cc1ccccc1C(C)NC(=O)C(N)c1ccccc1. The fourth-order valence-electron chi connectivity index (χ4n) is 2.27. The van der Waals surface area contributed by atoms with E-state index >= 15 is 0 Å². The van der Waals surface area contributed by atoms with Crippen LogP contribution in [0.4, 0.5) is 0 Å². The highest BCUT2D eigenvalue weighted by atomic mass is 16.2. The number of rotatable bonds is 4. The Labute approximate surface area is 119 Å². The zero-order valence-electron chi connectivity index (χ0n) is 11.8. The van der Waals surface area contributed by atoms with Crippen molar-refractivity contribution in [2.75, 3.05) is 0 Å². The van der Waals surface area contributed by atoms with Gasteiger partial charge in [-0.1, -0.05) is 54.6 Å². The van der Waals surface area contributed by atoms with Crippen LogP contribution in [0.5, 0.6) is 0 Å². The zero-order chi connectivity index (χ0) is 14.5. The molecule has 0 bridgehead atoms. The zero-order valence-corrected chi connectivity index (χ0v) is 11.8. The minimum Gasteiger partial charge on any atom is -0.348 e. The van der Waals surface area contributed by atoms with Gasteiger partial charge in [0.15, 0.2) is 0 Å². The number of carbonyl (C=O) groups is 1. The molecule has 2 aromatic rings. The second-order valence-electron chi connectivity index (χ2n) is 4.98. The van der Waals surface area contributed by atoms with E-state index in [-0.39, 0.29) is 11.9 Å². The molecule has 0 aliphatic rings. The lowest BCUT2D eigenvalue weighted by Crippen LogP contribution is -2.35. The van der Waals surface area contributed by atoms with Crippen LogP contribution in [0.1, 0.15) is 35.7 Å². The van der Waals surface area contributed by atoms with E-state index in [0.717, 1.165) is 16.7 Å². The Morgan fingerprint density at radius 3 is 2.30 bits per heavy atom. The summed E-state index contributed by atoms with van der Waals surface area (Å²) in [6.07, 6.45) is 0. The molecule has 0 aliphatic carbocycles. The number of aryl methyl sites for hydroxylation is 1. The van der Waals surface area contributed by atoms with Gasteiger partial charge in [0.05, 0.1) is 6.04 Å². The Bertz CT molecular complexity index is 581. The van der Waals surface area contributed by atoms with Gasteiger partial charge in [0.1, 0.15) is 6.04 Å². The molecule has 0 spiro atoms. The third-order valence-corrected chi connectivity index (χ3v) is 3.45. The molecule has 0 saturated carbocycles. The molecule has 2 atom stereocenters. The van der Waals surface area contributed by atoms with Crippen molar-refractivity contribution in [1.82, 2.24) is 5.32 Å².